The Kier molecular flexibility index (Phi) is 8.01. The normalized spacial score (nSPS) is 13.5. The third-order valence-electron chi connectivity index (χ3n) is 1.76. The summed E-state index contributed by atoms with van der Waals surface area (Å²) in [6.45, 7) is 3.91. The molecule has 0 saturated carbocycles. The first kappa shape index (κ1) is 14.2. The molecule has 0 spiro atoms. The van der Waals surface area contributed by atoms with E-state index in [0.29, 0.717) is 6.42 Å². The largest absolute Gasteiger partial charge is 0.481 e. The number of rotatable bonds is 6. The van der Waals surface area contributed by atoms with Gasteiger partial charge in [-0.2, -0.15) is 0 Å². The number of allylic oxidation sites excluding steroid dienone is 6. The first-order chi connectivity index (χ1) is 7.06. The summed E-state index contributed by atoms with van der Waals surface area (Å²) in [5.41, 5.74) is 1.15. The highest BCUT2D eigenvalue weighted by molar-refractivity contribution is 9.11. The first-order valence-corrected chi connectivity index (χ1v) is 5.73. The van der Waals surface area contributed by atoms with Crippen molar-refractivity contribution in [3.05, 3.63) is 34.4 Å². The van der Waals surface area contributed by atoms with Gasteiger partial charge in [-0.15, -0.1) is 0 Å². The second-order valence-corrected chi connectivity index (χ2v) is 4.49. The van der Waals surface area contributed by atoms with Crippen LogP contribution >= 0.6 is 15.9 Å². The molecule has 0 unspecified atom stereocenters. The minimum atomic E-state index is -0.734. The van der Waals surface area contributed by atoms with Gasteiger partial charge in [-0.25, -0.2) is 0 Å². The number of hydrogen-bond donors (Lipinski definition) is 1. The summed E-state index contributed by atoms with van der Waals surface area (Å²) >= 11 is 3.34. The van der Waals surface area contributed by atoms with Crippen LogP contribution in [0.5, 0.6) is 0 Å². The summed E-state index contributed by atoms with van der Waals surface area (Å²) in [5.74, 6) is -0.734. The van der Waals surface area contributed by atoms with Gasteiger partial charge in [-0.3, -0.25) is 4.79 Å². The van der Waals surface area contributed by atoms with Crippen molar-refractivity contribution < 1.29 is 9.90 Å². The molecule has 3 heteroatoms. The molecule has 0 amide bonds. The lowest BCUT2D eigenvalue weighted by molar-refractivity contribution is -0.137. The Bertz CT molecular complexity index is 284. The van der Waals surface area contributed by atoms with E-state index in [4.69, 9.17) is 5.11 Å². The third kappa shape index (κ3) is 9.47. The minimum absolute atomic E-state index is 0.228. The monoisotopic (exact) mass is 272 g/mol. The predicted molar refractivity (Wildman–Crippen MR) is 67.1 cm³/mol. The fourth-order valence-corrected chi connectivity index (χ4v) is 1.23. The van der Waals surface area contributed by atoms with E-state index >= 15 is 0 Å². The Morgan fingerprint density at radius 2 is 2.00 bits per heavy atom. The van der Waals surface area contributed by atoms with Gasteiger partial charge in [0.15, 0.2) is 0 Å². The van der Waals surface area contributed by atoms with Gasteiger partial charge in [0.25, 0.3) is 0 Å². The summed E-state index contributed by atoms with van der Waals surface area (Å²) in [7, 11) is 0. The molecule has 0 atom stereocenters. The van der Waals surface area contributed by atoms with Crippen molar-refractivity contribution in [1.82, 2.24) is 0 Å². The van der Waals surface area contributed by atoms with Gasteiger partial charge < -0.3 is 5.11 Å². The van der Waals surface area contributed by atoms with E-state index in [1.165, 1.54) is 0 Å². The molecule has 0 aromatic rings. The second kappa shape index (κ2) is 8.48. The van der Waals surface area contributed by atoms with Crippen LogP contribution in [-0.2, 0) is 4.79 Å². The average Bonchev–Trinajstić information content (AvgIpc) is 2.13. The molecule has 0 bridgehead atoms. The molecule has 1 N–H and O–H groups in total. The highest BCUT2D eigenvalue weighted by Gasteiger charge is 1.97. The Labute approximate surface area is 99.5 Å². The molecule has 84 valence electrons. The van der Waals surface area contributed by atoms with Crippen LogP contribution in [0.1, 0.15) is 33.1 Å². The molecule has 0 radical (unpaired) electrons. The Morgan fingerprint density at radius 3 is 2.47 bits per heavy atom. The maximum Gasteiger partial charge on any atom is 0.303 e. The number of aliphatic carboxylic acids is 1. The summed E-state index contributed by atoms with van der Waals surface area (Å²) in [4.78, 5) is 10.3. The fraction of sp³-hybridized carbons (Fsp3) is 0.417. The molecular formula is C12H17BrO2. The van der Waals surface area contributed by atoms with Crippen molar-refractivity contribution in [1.29, 1.82) is 0 Å². The second-order valence-electron chi connectivity index (χ2n) is 3.24. The quantitative estimate of drug-likeness (QED) is 0.741. The van der Waals surface area contributed by atoms with Crippen LogP contribution in [0.15, 0.2) is 34.4 Å². The number of carboxylic acids is 1. The molecule has 0 heterocycles. The average molecular weight is 273 g/mol. The number of carbonyl (C=O) groups is 1. The standard InChI is InChI=1S/C12H17BrO2/c1-3-5-11(9-8-10(2)13)6-4-7-12(14)15/h3,5,8-9H,4,6-7H2,1-2H3,(H,14,15)/b5-3-,10-8+,11-9+. The smallest absolute Gasteiger partial charge is 0.303 e. The van der Waals surface area contributed by atoms with Gasteiger partial charge in [0.1, 0.15) is 0 Å². The van der Waals surface area contributed by atoms with E-state index in [-0.39, 0.29) is 6.42 Å². The van der Waals surface area contributed by atoms with Crippen molar-refractivity contribution in [2.75, 3.05) is 0 Å². The lowest BCUT2D eigenvalue weighted by Crippen LogP contribution is -1.94. The topological polar surface area (TPSA) is 37.3 Å². The molecule has 0 aromatic heterocycles. The van der Waals surface area contributed by atoms with Crippen molar-refractivity contribution in [2.45, 2.75) is 33.1 Å². The van der Waals surface area contributed by atoms with Crippen LogP contribution < -0.4 is 0 Å². The molecule has 2 nitrogen and oxygen atoms in total. The van der Waals surface area contributed by atoms with Crippen LogP contribution in [0.3, 0.4) is 0 Å². The lowest BCUT2D eigenvalue weighted by atomic mass is 10.1. The maximum absolute atomic E-state index is 10.3. The number of halogens is 1. The highest BCUT2D eigenvalue weighted by atomic mass is 79.9. The van der Waals surface area contributed by atoms with E-state index < -0.39 is 5.97 Å². The van der Waals surface area contributed by atoms with Gasteiger partial charge in [0.2, 0.25) is 0 Å². The van der Waals surface area contributed by atoms with E-state index in [1.54, 1.807) is 0 Å². The predicted octanol–water partition coefficient (Wildman–Crippen LogP) is 4.04. The van der Waals surface area contributed by atoms with Crippen LogP contribution in [-0.4, -0.2) is 11.1 Å². The minimum Gasteiger partial charge on any atom is -0.481 e. The molecular weight excluding hydrogens is 256 g/mol. The Hall–Kier alpha value is -0.830. The van der Waals surface area contributed by atoms with Gasteiger partial charge in [0, 0.05) is 6.42 Å². The fourth-order valence-electron chi connectivity index (χ4n) is 1.10. The molecule has 0 aliphatic carbocycles. The molecule has 15 heavy (non-hydrogen) atoms. The molecule has 0 aliphatic rings. The highest BCUT2D eigenvalue weighted by Crippen LogP contribution is 2.11. The van der Waals surface area contributed by atoms with Crippen LogP contribution in [0.25, 0.3) is 0 Å². The molecule has 0 fully saturated rings. The summed E-state index contributed by atoms with van der Waals surface area (Å²) < 4.78 is 1.06. The summed E-state index contributed by atoms with van der Waals surface area (Å²) in [5, 5.41) is 8.52. The van der Waals surface area contributed by atoms with E-state index in [1.807, 2.05) is 38.2 Å². The van der Waals surface area contributed by atoms with Crippen LogP contribution in [0, 0.1) is 0 Å². The van der Waals surface area contributed by atoms with Crippen molar-refractivity contribution in [3.63, 3.8) is 0 Å². The Morgan fingerprint density at radius 1 is 1.33 bits per heavy atom. The molecule has 0 aliphatic heterocycles. The number of carboxylic acid groups (broad SMARTS) is 1. The summed E-state index contributed by atoms with van der Waals surface area (Å²) in [6.07, 6.45) is 9.65. The van der Waals surface area contributed by atoms with Gasteiger partial charge >= 0.3 is 5.97 Å². The van der Waals surface area contributed by atoms with Crippen molar-refractivity contribution in [3.8, 4) is 0 Å². The molecule has 0 rings (SSSR count). The molecule has 0 aromatic carbocycles. The summed E-state index contributed by atoms with van der Waals surface area (Å²) in [6, 6.07) is 0. The van der Waals surface area contributed by atoms with E-state index in [2.05, 4.69) is 15.9 Å². The van der Waals surface area contributed by atoms with Crippen molar-refractivity contribution in [2.24, 2.45) is 0 Å². The van der Waals surface area contributed by atoms with Crippen molar-refractivity contribution >= 4 is 21.9 Å². The van der Waals surface area contributed by atoms with E-state index in [9.17, 15) is 4.79 Å². The van der Waals surface area contributed by atoms with Crippen LogP contribution in [0.2, 0.25) is 0 Å². The van der Waals surface area contributed by atoms with E-state index in [0.717, 1.165) is 16.5 Å². The third-order valence-corrected chi connectivity index (χ3v) is 2.03. The van der Waals surface area contributed by atoms with Crippen LogP contribution in [0.4, 0.5) is 0 Å². The Balaban J connectivity index is 4.22. The maximum atomic E-state index is 10.3. The zero-order chi connectivity index (χ0) is 11.7. The van der Waals surface area contributed by atoms with Gasteiger partial charge in [0.05, 0.1) is 0 Å². The first-order valence-electron chi connectivity index (χ1n) is 4.93. The zero-order valence-corrected chi connectivity index (χ0v) is 10.8. The molecule has 0 saturated heterocycles. The number of hydrogen-bond acceptors (Lipinski definition) is 1. The van der Waals surface area contributed by atoms with Gasteiger partial charge in [-0.1, -0.05) is 40.2 Å². The van der Waals surface area contributed by atoms with Gasteiger partial charge in [-0.05, 0) is 36.7 Å². The lowest BCUT2D eigenvalue weighted by Gasteiger charge is -1.99. The SMILES string of the molecule is C\C=C/C(=C\C=C(/C)Br)CCCC(=O)O. The zero-order valence-electron chi connectivity index (χ0n) is 9.16.